The summed E-state index contributed by atoms with van der Waals surface area (Å²) in [5.41, 5.74) is 0.777. The Hall–Kier alpha value is -1.97. The monoisotopic (exact) mass is 222 g/mol. The molecule has 0 aliphatic heterocycles. The molecule has 2 N–H and O–H groups in total. The summed E-state index contributed by atoms with van der Waals surface area (Å²) in [5, 5.41) is 18.4. The van der Waals surface area contributed by atoms with Crippen LogP contribution in [0.3, 0.4) is 0 Å². The highest BCUT2D eigenvalue weighted by Crippen LogP contribution is 2.25. The van der Waals surface area contributed by atoms with Gasteiger partial charge in [-0.25, -0.2) is 4.79 Å². The van der Waals surface area contributed by atoms with E-state index >= 15 is 0 Å². The van der Waals surface area contributed by atoms with Gasteiger partial charge >= 0.3 is 5.97 Å². The Kier molecular flexibility index (Phi) is 3.94. The number of carbonyl (C=O) groups is 1. The zero-order chi connectivity index (χ0) is 12.1. The highest BCUT2D eigenvalue weighted by atomic mass is 16.5. The molecule has 4 nitrogen and oxygen atoms in total. The average molecular weight is 222 g/mol. The van der Waals surface area contributed by atoms with E-state index in [4.69, 9.17) is 9.84 Å². The molecule has 1 unspecified atom stereocenters. The smallest absolute Gasteiger partial charge is 0.330 e. The minimum absolute atomic E-state index is 0.167. The molecule has 1 rings (SSSR count). The molecule has 16 heavy (non-hydrogen) atoms. The number of esters is 1. The maximum atomic E-state index is 10.9. The van der Waals surface area contributed by atoms with E-state index in [-0.39, 0.29) is 17.6 Å². The number of aromatic hydroxyl groups is 2. The van der Waals surface area contributed by atoms with Crippen molar-refractivity contribution >= 4 is 5.97 Å². The van der Waals surface area contributed by atoms with Crippen LogP contribution in [0.1, 0.15) is 12.5 Å². The van der Waals surface area contributed by atoms with Crippen molar-refractivity contribution in [1.29, 1.82) is 0 Å². The number of hydrogen-bond donors (Lipinski definition) is 2. The molecule has 0 radical (unpaired) electrons. The van der Waals surface area contributed by atoms with E-state index in [1.54, 1.807) is 13.0 Å². The quantitative estimate of drug-likeness (QED) is 0.463. The van der Waals surface area contributed by atoms with Crippen LogP contribution in [0, 0.1) is 0 Å². The van der Waals surface area contributed by atoms with E-state index in [0.717, 1.165) is 11.6 Å². The lowest BCUT2D eigenvalue weighted by molar-refractivity contribution is -0.142. The van der Waals surface area contributed by atoms with Crippen molar-refractivity contribution < 1.29 is 19.7 Å². The molecule has 0 spiro atoms. The second-order valence-electron chi connectivity index (χ2n) is 3.48. The van der Waals surface area contributed by atoms with E-state index in [1.807, 2.05) is 0 Å². The standard InChI is InChI=1S/C12H14O4/c1-3-12(15)16-8(2)6-9-4-5-10(13)11(14)7-9/h3-5,7-8,13-14H,1,6H2,2H3. The molecule has 0 bridgehead atoms. The summed E-state index contributed by atoms with van der Waals surface area (Å²) < 4.78 is 4.97. The van der Waals surface area contributed by atoms with Gasteiger partial charge < -0.3 is 14.9 Å². The molecular weight excluding hydrogens is 208 g/mol. The number of carbonyl (C=O) groups excluding carboxylic acids is 1. The summed E-state index contributed by atoms with van der Waals surface area (Å²) in [4.78, 5) is 10.9. The lowest BCUT2D eigenvalue weighted by Crippen LogP contribution is -2.15. The topological polar surface area (TPSA) is 66.8 Å². The number of hydrogen-bond acceptors (Lipinski definition) is 4. The molecule has 0 fully saturated rings. The molecule has 1 aromatic rings. The van der Waals surface area contributed by atoms with Crippen molar-refractivity contribution in [2.75, 3.05) is 0 Å². The highest BCUT2D eigenvalue weighted by Gasteiger charge is 2.09. The minimum Gasteiger partial charge on any atom is -0.504 e. The third-order valence-corrected chi connectivity index (χ3v) is 2.05. The number of phenols is 2. The van der Waals surface area contributed by atoms with Crippen molar-refractivity contribution in [2.24, 2.45) is 0 Å². The van der Waals surface area contributed by atoms with E-state index in [0.29, 0.717) is 6.42 Å². The first kappa shape index (κ1) is 12.1. The Bertz CT molecular complexity index is 398. The first-order valence-corrected chi connectivity index (χ1v) is 4.87. The Balaban J connectivity index is 2.62. The van der Waals surface area contributed by atoms with E-state index < -0.39 is 5.97 Å². The Morgan fingerprint density at radius 3 is 2.75 bits per heavy atom. The van der Waals surface area contributed by atoms with Crippen LogP contribution in [0.25, 0.3) is 0 Å². The third-order valence-electron chi connectivity index (χ3n) is 2.05. The summed E-state index contributed by atoms with van der Waals surface area (Å²) in [6, 6.07) is 4.49. The molecule has 0 saturated carbocycles. The fourth-order valence-electron chi connectivity index (χ4n) is 1.32. The van der Waals surface area contributed by atoms with Gasteiger partial charge in [-0.3, -0.25) is 0 Å². The van der Waals surface area contributed by atoms with E-state index in [9.17, 15) is 9.90 Å². The van der Waals surface area contributed by atoms with Crippen LogP contribution in [0.15, 0.2) is 30.9 Å². The number of phenolic OH excluding ortho intramolecular Hbond substituents is 2. The fourth-order valence-corrected chi connectivity index (χ4v) is 1.32. The van der Waals surface area contributed by atoms with Gasteiger partial charge in [0.05, 0.1) is 0 Å². The maximum Gasteiger partial charge on any atom is 0.330 e. The van der Waals surface area contributed by atoms with E-state index in [1.165, 1.54) is 12.1 Å². The van der Waals surface area contributed by atoms with Gasteiger partial charge in [0.15, 0.2) is 11.5 Å². The molecule has 0 aliphatic rings. The lowest BCUT2D eigenvalue weighted by Gasteiger charge is -2.12. The van der Waals surface area contributed by atoms with Gasteiger partial charge in [-0.15, -0.1) is 0 Å². The zero-order valence-corrected chi connectivity index (χ0v) is 9.01. The molecule has 0 amide bonds. The third kappa shape index (κ3) is 3.31. The maximum absolute atomic E-state index is 10.9. The van der Waals surface area contributed by atoms with Crippen molar-refractivity contribution in [2.45, 2.75) is 19.4 Å². The zero-order valence-electron chi connectivity index (χ0n) is 9.01. The van der Waals surface area contributed by atoms with Crippen LogP contribution >= 0.6 is 0 Å². The summed E-state index contributed by atoms with van der Waals surface area (Å²) in [7, 11) is 0. The van der Waals surface area contributed by atoms with Crippen molar-refractivity contribution in [3.63, 3.8) is 0 Å². The normalized spacial score (nSPS) is 11.8. The predicted molar refractivity (Wildman–Crippen MR) is 59.2 cm³/mol. The molecule has 0 aliphatic carbocycles. The van der Waals surface area contributed by atoms with Crippen LogP contribution in [0.5, 0.6) is 11.5 Å². The number of rotatable bonds is 4. The summed E-state index contributed by atoms with van der Waals surface area (Å²) in [6.45, 7) is 5.04. The lowest BCUT2D eigenvalue weighted by atomic mass is 10.1. The molecule has 1 aromatic carbocycles. The number of ether oxygens (including phenoxy) is 1. The van der Waals surface area contributed by atoms with Gasteiger partial charge in [0.2, 0.25) is 0 Å². The Labute approximate surface area is 93.8 Å². The Morgan fingerprint density at radius 1 is 1.50 bits per heavy atom. The molecule has 4 heteroatoms. The van der Waals surface area contributed by atoms with Crippen molar-refractivity contribution in [3.8, 4) is 11.5 Å². The summed E-state index contributed by atoms with van der Waals surface area (Å²) in [5.74, 6) is -0.824. The highest BCUT2D eigenvalue weighted by molar-refractivity contribution is 5.81. The molecule has 0 saturated heterocycles. The fraction of sp³-hybridized carbons (Fsp3) is 0.250. The first-order chi connectivity index (χ1) is 7.52. The van der Waals surface area contributed by atoms with Crippen molar-refractivity contribution in [1.82, 2.24) is 0 Å². The van der Waals surface area contributed by atoms with Crippen molar-refractivity contribution in [3.05, 3.63) is 36.4 Å². The van der Waals surface area contributed by atoms with Crippen LogP contribution in [-0.4, -0.2) is 22.3 Å². The SMILES string of the molecule is C=CC(=O)OC(C)Cc1ccc(O)c(O)c1. The molecule has 1 atom stereocenters. The van der Waals surface area contributed by atoms with Gasteiger partial charge in [0, 0.05) is 12.5 Å². The molecule has 0 heterocycles. The first-order valence-electron chi connectivity index (χ1n) is 4.87. The average Bonchev–Trinajstić information content (AvgIpc) is 2.23. The summed E-state index contributed by atoms with van der Waals surface area (Å²) in [6.07, 6.45) is 1.26. The molecule has 86 valence electrons. The van der Waals surface area contributed by atoms with Crippen LogP contribution in [-0.2, 0) is 16.0 Å². The second kappa shape index (κ2) is 5.21. The van der Waals surface area contributed by atoms with Gasteiger partial charge in [-0.05, 0) is 24.6 Å². The van der Waals surface area contributed by atoms with Gasteiger partial charge in [-0.2, -0.15) is 0 Å². The minimum atomic E-state index is -0.476. The van der Waals surface area contributed by atoms with Crippen LogP contribution < -0.4 is 0 Å². The Morgan fingerprint density at radius 2 is 2.19 bits per heavy atom. The summed E-state index contributed by atoms with van der Waals surface area (Å²) >= 11 is 0. The van der Waals surface area contributed by atoms with E-state index in [2.05, 4.69) is 6.58 Å². The van der Waals surface area contributed by atoms with Gasteiger partial charge in [-0.1, -0.05) is 12.6 Å². The van der Waals surface area contributed by atoms with Crippen LogP contribution in [0.2, 0.25) is 0 Å². The number of benzene rings is 1. The van der Waals surface area contributed by atoms with Gasteiger partial charge in [0.1, 0.15) is 6.10 Å². The van der Waals surface area contributed by atoms with Gasteiger partial charge in [0.25, 0.3) is 0 Å². The largest absolute Gasteiger partial charge is 0.504 e. The second-order valence-corrected chi connectivity index (χ2v) is 3.48. The van der Waals surface area contributed by atoms with Crippen LogP contribution in [0.4, 0.5) is 0 Å². The molecular formula is C12H14O4. The predicted octanol–water partition coefficient (Wildman–Crippen LogP) is 1.76. The molecule has 0 aromatic heterocycles.